The molecule has 1 amide bonds. The van der Waals surface area contributed by atoms with Crippen LogP contribution >= 0.6 is 0 Å². The van der Waals surface area contributed by atoms with E-state index < -0.39 is 0 Å². The van der Waals surface area contributed by atoms with E-state index >= 15 is 0 Å². The molecule has 2 heteroatoms. The highest BCUT2D eigenvalue weighted by atomic mass is 16.1. The van der Waals surface area contributed by atoms with Crippen molar-refractivity contribution in [1.29, 1.82) is 0 Å². The van der Waals surface area contributed by atoms with E-state index in [0.717, 1.165) is 12.0 Å². The second-order valence-electron chi connectivity index (χ2n) is 3.74. The van der Waals surface area contributed by atoms with Crippen molar-refractivity contribution in [3.63, 3.8) is 0 Å². The number of carbonyl (C=O) groups is 1. The maximum atomic E-state index is 11.5. The van der Waals surface area contributed by atoms with E-state index in [0.29, 0.717) is 0 Å². The molecule has 0 bridgehead atoms. The normalized spacial score (nSPS) is 20.8. The molecule has 1 aliphatic heterocycles. The first-order chi connectivity index (χ1) is 6.16. The van der Waals surface area contributed by atoms with E-state index in [-0.39, 0.29) is 11.9 Å². The molecule has 13 heavy (non-hydrogen) atoms. The van der Waals surface area contributed by atoms with Gasteiger partial charge in [0.15, 0.2) is 0 Å². The Bertz CT molecular complexity index is 357. The SMILES string of the molecule is Cc1ccc2c(c1)CC(C)NC2=O. The van der Waals surface area contributed by atoms with Gasteiger partial charge in [0.1, 0.15) is 0 Å². The number of hydrogen-bond donors (Lipinski definition) is 1. The van der Waals surface area contributed by atoms with Crippen LogP contribution in [0.25, 0.3) is 0 Å². The molecule has 0 radical (unpaired) electrons. The van der Waals surface area contributed by atoms with E-state index in [9.17, 15) is 4.79 Å². The fourth-order valence-corrected chi connectivity index (χ4v) is 1.80. The monoisotopic (exact) mass is 175 g/mol. The Labute approximate surface area is 78.0 Å². The summed E-state index contributed by atoms with van der Waals surface area (Å²) in [5, 5.41) is 2.92. The van der Waals surface area contributed by atoms with Gasteiger partial charge in [-0.15, -0.1) is 0 Å². The lowest BCUT2D eigenvalue weighted by molar-refractivity contribution is 0.0929. The number of benzene rings is 1. The van der Waals surface area contributed by atoms with Gasteiger partial charge in [-0.05, 0) is 31.9 Å². The standard InChI is InChI=1S/C11H13NO/c1-7-3-4-10-9(5-7)6-8(2)12-11(10)13/h3-5,8H,6H2,1-2H3,(H,12,13). The zero-order valence-electron chi connectivity index (χ0n) is 7.92. The summed E-state index contributed by atoms with van der Waals surface area (Å²) in [4.78, 5) is 11.5. The first kappa shape index (κ1) is 8.30. The number of amides is 1. The minimum Gasteiger partial charge on any atom is -0.349 e. The molecule has 2 nitrogen and oxygen atoms in total. The number of fused-ring (bicyclic) bond motifs is 1. The maximum absolute atomic E-state index is 11.5. The van der Waals surface area contributed by atoms with Crippen LogP contribution in [-0.2, 0) is 6.42 Å². The average molecular weight is 175 g/mol. The molecule has 1 N–H and O–H groups in total. The van der Waals surface area contributed by atoms with Crippen LogP contribution in [0.15, 0.2) is 18.2 Å². The van der Waals surface area contributed by atoms with Crippen LogP contribution in [0.5, 0.6) is 0 Å². The van der Waals surface area contributed by atoms with Crippen molar-refractivity contribution in [3.8, 4) is 0 Å². The highest BCUT2D eigenvalue weighted by Crippen LogP contribution is 2.17. The highest BCUT2D eigenvalue weighted by Gasteiger charge is 2.20. The molecule has 0 saturated carbocycles. The molecule has 1 atom stereocenters. The van der Waals surface area contributed by atoms with Gasteiger partial charge in [0, 0.05) is 11.6 Å². The van der Waals surface area contributed by atoms with E-state index in [2.05, 4.69) is 18.3 Å². The average Bonchev–Trinajstić information content (AvgIpc) is 2.02. The number of nitrogens with one attached hydrogen (secondary N) is 1. The molecule has 0 aromatic heterocycles. The van der Waals surface area contributed by atoms with Gasteiger partial charge in [-0.1, -0.05) is 17.7 Å². The summed E-state index contributed by atoms with van der Waals surface area (Å²) < 4.78 is 0. The van der Waals surface area contributed by atoms with Gasteiger partial charge < -0.3 is 5.32 Å². The second-order valence-corrected chi connectivity index (χ2v) is 3.74. The lowest BCUT2D eigenvalue weighted by Crippen LogP contribution is -2.39. The molecule has 0 spiro atoms. The zero-order valence-corrected chi connectivity index (χ0v) is 7.92. The maximum Gasteiger partial charge on any atom is 0.251 e. The van der Waals surface area contributed by atoms with Crippen LogP contribution in [0, 0.1) is 6.92 Å². The Balaban J connectivity index is 2.49. The van der Waals surface area contributed by atoms with Crippen molar-refractivity contribution >= 4 is 5.91 Å². The summed E-state index contributed by atoms with van der Waals surface area (Å²) in [5.74, 6) is 0.0637. The third-order valence-electron chi connectivity index (χ3n) is 2.41. The van der Waals surface area contributed by atoms with Crippen molar-refractivity contribution in [1.82, 2.24) is 5.32 Å². The van der Waals surface area contributed by atoms with Crippen LogP contribution < -0.4 is 5.32 Å². The predicted molar refractivity (Wildman–Crippen MR) is 51.8 cm³/mol. The zero-order chi connectivity index (χ0) is 9.42. The lowest BCUT2D eigenvalue weighted by Gasteiger charge is -2.22. The van der Waals surface area contributed by atoms with Crippen molar-refractivity contribution in [2.75, 3.05) is 0 Å². The van der Waals surface area contributed by atoms with E-state index in [4.69, 9.17) is 0 Å². The Morgan fingerprint density at radius 1 is 1.46 bits per heavy atom. The molecular weight excluding hydrogens is 162 g/mol. The van der Waals surface area contributed by atoms with Crippen molar-refractivity contribution in [2.24, 2.45) is 0 Å². The van der Waals surface area contributed by atoms with Crippen LogP contribution in [0.3, 0.4) is 0 Å². The minimum atomic E-state index is 0.0637. The van der Waals surface area contributed by atoms with E-state index in [1.165, 1.54) is 11.1 Å². The molecule has 1 aromatic carbocycles. The molecule has 1 heterocycles. The fourth-order valence-electron chi connectivity index (χ4n) is 1.80. The lowest BCUT2D eigenvalue weighted by atomic mass is 9.94. The van der Waals surface area contributed by atoms with Crippen molar-refractivity contribution in [3.05, 3.63) is 34.9 Å². The summed E-state index contributed by atoms with van der Waals surface area (Å²) in [6.45, 7) is 4.08. The second kappa shape index (κ2) is 2.87. The van der Waals surface area contributed by atoms with Crippen LogP contribution in [0.2, 0.25) is 0 Å². The van der Waals surface area contributed by atoms with Gasteiger partial charge in [-0.25, -0.2) is 0 Å². The molecule has 0 saturated heterocycles. The molecule has 1 aliphatic rings. The topological polar surface area (TPSA) is 29.1 Å². The summed E-state index contributed by atoms with van der Waals surface area (Å²) in [5.41, 5.74) is 3.24. The molecule has 1 unspecified atom stereocenters. The molecule has 1 aromatic rings. The molecular formula is C11H13NO. The smallest absolute Gasteiger partial charge is 0.251 e. The summed E-state index contributed by atoms with van der Waals surface area (Å²) in [7, 11) is 0. The molecule has 0 fully saturated rings. The van der Waals surface area contributed by atoms with Gasteiger partial charge in [0.25, 0.3) is 5.91 Å². The molecule has 0 aliphatic carbocycles. The van der Waals surface area contributed by atoms with E-state index in [1.54, 1.807) is 0 Å². The largest absolute Gasteiger partial charge is 0.349 e. The van der Waals surface area contributed by atoms with Gasteiger partial charge >= 0.3 is 0 Å². The van der Waals surface area contributed by atoms with Crippen molar-refractivity contribution in [2.45, 2.75) is 26.3 Å². The van der Waals surface area contributed by atoms with Gasteiger partial charge in [-0.3, -0.25) is 4.79 Å². The number of carbonyl (C=O) groups excluding carboxylic acids is 1. The number of hydrogen-bond acceptors (Lipinski definition) is 1. The van der Waals surface area contributed by atoms with Gasteiger partial charge in [-0.2, -0.15) is 0 Å². The third kappa shape index (κ3) is 1.44. The van der Waals surface area contributed by atoms with E-state index in [1.807, 2.05) is 19.1 Å². The molecule has 2 rings (SSSR count). The van der Waals surface area contributed by atoms with Crippen LogP contribution in [-0.4, -0.2) is 11.9 Å². The third-order valence-corrected chi connectivity index (χ3v) is 2.41. The first-order valence-corrected chi connectivity index (χ1v) is 4.57. The summed E-state index contributed by atoms with van der Waals surface area (Å²) >= 11 is 0. The fraction of sp³-hybridized carbons (Fsp3) is 0.364. The molecule has 68 valence electrons. The summed E-state index contributed by atoms with van der Waals surface area (Å²) in [6.07, 6.45) is 0.947. The van der Waals surface area contributed by atoms with Crippen LogP contribution in [0.4, 0.5) is 0 Å². The first-order valence-electron chi connectivity index (χ1n) is 4.57. The highest BCUT2D eigenvalue weighted by molar-refractivity contribution is 5.97. The Morgan fingerprint density at radius 2 is 2.23 bits per heavy atom. The quantitative estimate of drug-likeness (QED) is 0.638. The summed E-state index contributed by atoms with van der Waals surface area (Å²) in [6, 6.07) is 6.26. The van der Waals surface area contributed by atoms with Gasteiger partial charge in [0.2, 0.25) is 0 Å². The van der Waals surface area contributed by atoms with Gasteiger partial charge in [0.05, 0.1) is 0 Å². The number of aryl methyl sites for hydroxylation is 1. The van der Waals surface area contributed by atoms with Crippen LogP contribution in [0.1, 0.15) is 28.4 Å². The Hall–Kier alpha value is -1.31. The minimum absolute atomic E-state index is 0.0637. The van der Waals surface area contributed by atoms with Crippen molar-refractivity contribution < 1.29 is 4.79 Å². The number of rotatable bonds is 0. The predicted octanol–water partition coefficient (Wildman–Crippen LogP) is 1.67. The Morgan fingerprint density at radius 3 is 3.00 bits per heavy atom. The Kier molecular flexibility index (Phi) is 1.83.